The summed E-state index contributed by atoms with van der Waals surface area (Å²) >= 11 is 0. The standard InChI is InChI=1S/C15H15N3O4/c1-17(15-7-6-11(8-16-15)18(19)20)9-12-10-21-13-4-2-3-5-14(13)22-12/h2-8,12H,9-10H2,1H3/t12-/m0/s1. The van der Waals surface area contributed by atoms with E-state index in [0.717, 1.165) is 11.5 Å². The second-order valence-electron chi connectivity index (χ2n) is 5.01. The zero-order valence-corrected chi connectivity index (χ0v) is 12.0. The Kier molecular flexibility index (Phi) is 3.78. The molecule has 0 bridgehead atoms. The number of pyridine rings is 1. The fourth-order valence-corrected chi connectivity index (χ4v) is 2.26. The molecule has 0 radical (unpaired) electrons. The largest absolute Gasteiger partial charge is 0.486 e. The van der Waals surface area contributed by atoms with E-state index in [0.29, 0.717) is 19.0 Å². The van der Waals surface area contributed by atoms with Crippen LogP contribution >= 0.6 is 0 Å². The molecule has 1 aliphatic heterocycles. The first kappa shape index (κ1) is 14.1. The predicted octanol–water partition coefficient (Wildman–Crippen LogP) is 2.27. The smallest absolute Gasteiger partial charge is 0.287 e. The fraction of sp³-hybridized carbons (Fsp3) is 0.267. The maximum absolute atomic E-state index is 10.6. The minimum absolute atomic E-state index is 0.0247. The van der Waals surface area contributed by atoms with Crippen LogP contribution in [0, 0.1) is 10.1 Å². The molecular formula is C15H15N3O4. The van der Waals surface area contributed by atoms with Crippen molar-refractivity contribution in [2.75, 3.05) is 25.1 Å². The maximum atomic E-state index is 10.6. The Labute approximate surface area is 127 Å². The number of para-hydroxylation sites is 2. The molecule has 0 N–H and O–H groups in total. The Hall–Kier alpha value is -2.83. The van der Waals surface area contributed by atoms with Gasteiger partial charge in [-0.15, -0.1) is 0 Å². The quantitative estimate of drug-likeness (QED) is 0.637. The van der Waals surface area contributed by atoms with Crippen LogP contribution in [-0.2, 0) is 0 Å². The van der Waals surface area contributed by atoms with Crippen LogP contribution in [0.25, 0.3) is 0 Å². The summed E-state index contributed by atoms with van der Waals surface area (Å²) in [5.74, 6) is 2.12. The minimum atomic E-state index is -0.466. The number of hydrogen-bond donors (Lipinski definition) is 0. The highest BCUT2D eigenvalue weighted by Crippen LogP contribution is 2.31. The van der Waals surface area contributed by atoms with E-state index < -0.39 is 4.92 Å². The number of fused-ring (bicyclic) bond motifs is 1. The summed E-state index contributed by atoms with van der Waals surface area (Å²) < 4.78 is 11.5. The van der Waals surface area contributed by atoms with Gasteiger partial charge in [0.1, 0.15) is 18.6 Å². The van der Waals surface area contributed by atoms with Crippen LogP contribution in [0.5, 0.6) is 11.5 Å². The number of hydrogen-bond acceptors (Lipinski definition) is 6. The number of anilines is 1. The average Bonchev–Trinajstić information content (AvgIpc) is 2.55. The highest BCUT2D eigenvalue weighted by molar-refractivity contribution is 5.43. The minimum Gasteiger partial charge on any atom is -0.486 e. The molecule has 2 aromatic rings. The molecule has 0 spiro atoms. The summed E-state index contributed by atoms with van der Waals surface area (Å²) in [6.45, 7) is 1.02. The Bertz CT molecular complexity index is 675. The van der Waals surface area contributed by atoms with Crippen molar-refractivity contribution in [2.45, 2.75) is 6.10 Å². The van der Waals surface area contributed by atoms with Crippen LogP contribution in [0.4, 0.5) is 11.5 Å². The van der Waals surface area contributed by atoms with Crippen LogP contribution in [0.15, 0.2) is 42.6 Å². The van der Waals surface area contributed by atoms with E-state index in [2.05, 4.69) is 4.98 Å². The van der Waals surface area contributed by atoms with E-state index >= 15 is 0 Å². The molecule has 3 rings (SSSR count). The molecule has 7 nitrogen and oxygen atoms in total. The van der Waals surface area contributed by atoms with Gasteiger partial charge in [-0.25, -0.2) is 4.98 Å². The fourth-order valence-electron chi connectivity index (χ4n) is 2.26. The van der Waals surface area contributed by atoms with Crippen molar-refractivity contribution < 1.29 is 14.4 Å². The van der Waals surface area contributed by atoms with Gasteiger partial charge >= 0.3 is 0 Å². The lowest BCUT2D eigenvalue weighted by atomic mass is 10.2. The first-order valence-electron chi connectivity index (χ1n) is 6.83. The third-order valence-electron chi connectivity index (χ3n) is 3.38. The van der Waals surface area contributed by atoms with Gasteiger partial charge in [-0.1, -0.05) is 12.1 Å². The molecule has 2 heterocycles. The number of ether oxygens (including phenoxy) is 2. The topological polar surface area (TPSA) is 77.7 Å². The van der Waals surface area contributed by atoms with Crippen LogP contribution < -0.4 is 14.4 Å². The summed E-state index contributed by atoms with van der Waals surface area (Å²) in [5.41, 5.74) is -0.0247. The maximum Gasteiger partial charge on any atom is 0.287 e. The summed E-state index contributed by atoms with van der Waals surface area (Å²) in [4.78, 5) is 16.1. The zero-order chi connectivity index (χ0) is 15.5. The van der Waals surface area contributed by atoms with Gasteiger partial charge in [0.05, 0.1) is 11.5 Å². The Morgan fingerprint density at radius 2 is 2.09 bits per heavy atom. The Morgan fingerprint density at radius 1 is 1.32 bits per heavy atom. The molecule has 114 valence electrons. The normalized spacial score (nSPS) is 16.1. The van der Waals surface area contributed by atoms with Gasteiger partial charge in [-0.2, -0.15) is 0 Å². The summed E-state index contributed by atoms with van der Waals surface area (Å²) in [7, 11) is 1.86. The van der Waals surface area contributed by atoms with Crippen molar-refractivity contribution in [3.05, 3.63) is 52.7 Å². The molecule has 0 amide bonds. The molecule has 0 unspecified atom stereocenters. The molecule has 0 fully saturated rings. The highest BCUT2D eigenvalue weighted by atomic mass is 16.6. The highest BCUT2D eigenvalue weighted by Gasteiger charge is 2.22. The number of nitrogens with zero attached hydrogens (tertiary/aromatic N) is 3. The van der Waals surface area contributed by atoms with Crippen LogP contribution in [0.2, 0.25) is 0 Å². The molecule has 1 atom stereocenters. The molecule has 1 aliphatic rings. The second-order valence-corrected chi connectivity index (χ2v) is 5.01. The molecule has 22 heavy (non-hydrogen) atoms. The van der Waals surface area contributed by atoms with Gasteiger partial charge in [0.2, 0.25) is 0 Å². The number of rotatable bonds is 4. The van der Waals surface area contributed by atoms with Crippen LogP contribution in [-0.4, -0.2) is 36.2 Å². The van der Waals surface area contributed by atoms with E-state index in [1.165, 1.54) is 12.3 Å². The van der Waals surface area contributed by atoms with Gasteiger partial charge in [-0.05, 0) is 18.2 Å². The van der Waals surface area contributed by atoms with E-state index in [1.807, 2.05) is 36.2 Å². The van der Waals surface area contributed by atoms with Crippen molar-refractivity contribution in [1.29, 1.82) is 0 Å². The van der Waals surface area contributed by atoms with E-state index in [1.54, 1.807) is 6.07 Å². The lowest BCUT2D eigenvalue weighted by Crippen LogP contribution is -2.39. The molecule has 1 aromatic carbocycles. The summed E-state index contributed by atoms with van der Waals surface area (Å²) in [5, 5.41) is 10.6. The summed E-state index contributed by atoms with van der Waals surface area (Å²) in [6.07, 6.45) is 1.12. The monoisotopic (exact) mass is 301 g/mol. The van der Waals surface area contributed by atoms with E-state index in [4.69, 9.17) is 9.47 Å². The molecular weight excluding hydrogens is 286 g/mol. The first-order chi connectivity index (χ1) is 10.6. The third-order valence-corrected chi connectivity index (χ3v) is 3.38. The molecule has 0 saturated heterocycles. The average molecular weight is 301 g/mol. The molecule has 1 aromatic heterocycles. The van der Waals surface area contributed by atoms with Gasteiger partial charge in [0.15, 0.2) is 17.6 Å². The molecule has 7 heteroatoms. The molecule has 0 aliphatic carbocycles. The predicted molar refractivity (Wildman–Crippen MR) is 80.5 cm³/mol. The van der Waals surface area contributed by atoms with Crippen LogP contribution in [0.3, 0.4) is 0 Å². The Morgan fingerprint density at radius 3 is 2.77 bits per heavy atom. The third kappa shape index (κ3) is 2.93. The second kappa shape index (κ2) is 5.88. The zero-order valence-electron chi connectivity index (χ0n) is 12.0. The van der Waals surface area contributed by atoms with Crippen molar-refractivity contribution in [2.24, 2.45) is 0 Å². The molecule has 0 saturated carbocycles. The van der Waals surface area contributed by atoms with Crippen molar-refractivity contribution >= 4 is 11.5 Å². The first-order valence-corrected chi connectivity index (χ1v) is 6.83. The van der Waals surface area contributed by atoms with Crippen LogP contribution in [0.1, 0.15) is 0 Å². The van der Waals surface area contributed by atoms with Crippen molar-refractivity contribution in [3.63, 3.8) is 0 Å². The Balaban J connectivity index is 1.65. The van der Waals surface area contributed by atoms with E-state index in [-0.39, 0.29) is 11.8 Å². The lowest BCUT2D eigenvalue weighted by Gasteiger charge is -2.29. The van der Waals surface area contributed by atoms with Crippen molar-refractivity contribution in [3.8, 4) is 11.5 Å². The lowest BCUT2D eigenvalue weighted by molar-refractivity contribution is -0.385. The number of aromatic nitrogens is 1. The summed E-state index contributed by atoms with van der Waals surface area (Å²) in [6, 6.07) is 10.6. The van der Waals surface area contributed by atoms with Gasteiger partial charge in [0.25, 0.3) is 5.69 Å². The SMILES string of the molecule is CN(C[C@H]1COc2ccccc2O1)c1ccc([N+](=O)[O-])cn1. The van der Waals surface area contributed by atoms with Gasteiger partial charge < -0.3 is 14.4 Å². The number of benzene rings is 1. The number of likely N-dealkylation sites (N-methyl/N-ethyl adjacent to an activating group) is 1. The van der Waals surface area contributed by atoms with Gasteiger partial charge in [0, 0.05) is 13.1 Å². The van der Waals surface area contributed by atoms with E-state index in [9.17, 15) is 10.1 Å². The number of nitro groups is 1. The van der Waals surface area contributed by atoms with Crippen molar-refractivity contribution in [1.82, 2.24) is 4.98 Å². The van der Waals surface area contributed by atoms with Gasteiger partial charge in [-0.3, -0.25) is 10.1 Å².